The first-order chi connectivity index (χ1) is 10.3. The molecule has 8 heteroatoms. The summed E-state index contributed by atoms with van der Waals surface area (Å²) in [6.45, 7) is 1.87. The van der Waals surface area contributed by atoms with Crippen LogP contribution in [0.1, 0.15) is 11.1 Å². The van der Waals surface area contributed by atoms with Crippen LogP contribution in [0.5, 0.6) is 0 Å². The van der Waals surface area contributed by atoms with Gasteiger partial charge in [-0.15, -0.1) is 11.6 Å². The number of halogens is 4. The molecule has 1 aromatic carbocycles. The minimum Gasteiger partial charge on any atom is -0.390 e. The maximum absolute atomic E-state index is 12.9. The van der Waals surface area contributed by atoms with Gasteiger partial charge in [0.25, 0.3) is 0 Å². The summed E-state index contributed by atoms with van der Waals surface area (Å²) >= 11 is 5.49. The molecule has 0 aliphatic rings. The Bertz CT molecular complexity index is 643. The number of aliphatic hydroxyl groups is 1. The third kappa shape index (κ3) is 3.92. The van der Waals surface area contributed by atoms with Gasteiger partial charge in [-0.25, -0.2) is 4.68 Å². The summed E-state index contributed by atoms with van der Waals surface area (Å²) in [7, 11) is 0. The van der Waals surface area contributed by atoms with Crippen molar-refractivity contribution in [1.82, 2.24) is 9.78 Å². The van der Waals surface area contributed by atoms with Crippen LogP contribution in [0, 0.1) is 6.92 Å². The molecule has 1 atom stereocenters. The van der Waals surface area contributed by atoms with E-state index in [1.165, 1.54) is 10.7 Å². The third-order valence-electron chi connectivity index (χ3n) is 2.99. The SMILES string of the molecule is Cc1cnn(-c2ccc(C(F)(F)F)cc2NCC(O)CCl)c1. The summed E-state index contributed by atoms with van der Waals surface area (Å²) in [6, 6.07) is 3.33. The normalized spacial score (nSPS) is 13.2. The van der Waals surface area contributed by atoms with Crippen LogP contribution < -0.4 is 5.32 Å². The summed E-state index contributed by atoms with van der Waals surface area (Å²) < 4.78 is 40.0. The van der Waals surface area contributed by atoms with Crippen molar-refractivity contribution in [2.45, 2.75) is 19.2 Å². The summed E-state index contributed by atoms with van der Waals surface area (Å²) in [4.78, 5) is 0. The number of anilines is 1. The number of rotatable bonds is 5. The minimum absolute atomic E-state index is 0.0117. The van der Waals surface area contributed by atoms with Gasteiger partial charge in [0.1, 0.15) is 0 Å². The van der Waals surface area contributed by atoms with Crippen LogP contribution in [-0.4, -0.2) is 33.4 Å². The van der Waals surface area contributed by atoms with Crippen molar-refractivity contribution in [3.8, 4) is 5.69 Å². The molecule has 0 fully saturated rings. The zero-order chi connectivity index (χ0) is 16.3. The minimum atomic E-state index is -4.44. The zero-order valence-corrected chi connectivity index (χ0v) is 12.5. The Morgan fingerprint density at radius 2 is 2.14 bits per heavy atom. The lowest BCUT2D eigenvalue weighted by Crippen LogP contribution is -2.22. The summed E-state index contributed by atoms with van der Waals surface area (Å²) in [6.07, 6.45) is -2.00. The van der Waals surface area contributed by atoms with Crippen LogP contribution >= 0.6 is 11.6 Å². The Balaban J connectivity index is 2.39. The Morgan fingerprint density at radius 3 is 2.68 bits per heavy atom. The molecule has 1 aromatic heterocycles. The van der Waals surface area contributed by atoms with Crippen molar-refractivity contribution < 1.29 is 18.3 Å². The summed E-state index contributed by atoms with van der Waals surface area (Å²) in [5, 5.41) is 16.4. The average molecular weight is 334 g/mol. The molecule has 1 heterocycles. The molecule has 2 aromatic rings. The van der Waals surface area contributed by atoms with E-state index in [1.54, 1.807) is 12.4 Å². The number of benzene rings is 1. The van der Waals surface area contributed by atoms with Crippen LogP contribution in [0.15, 0.2) is 30.6 Å². The Labute approximate surface area is 130 Å². The molecular weight excluding hydrogens is 319 g/mol. The van der Waals surface area contributed by atoms with Gasteiger partial charge in [0.2, 0.25) is 0 Å². The first-order valence-electron chi connectivity index (χ1n) is 6.52. The third-order valence-corrected chi connectivity index (χ3v) is 3.34. The maximum Gasteiger partial charge on any atom is 0.416 e. The Hall–Kier alpha value is -1.73. The quantitative estimate of drug-likeness (QED) is 0.826. The van der Waals surface area contributed by atoms with Gasteiger partial charge in [-0.1, -0.05) is 0 Å². The monoisotopic (exact) mass is 333 g/mol. The van der Waals surface area contributed by atoms with Gasteiger partial charge < -0.3 is 10.4 Å². The molecule has 0 saturated heterocycles. The molecule has 0 aliphatic heterocycles. The molecule has 22 heavy (non-hydrogen) atoms. The van der Waals surface area contributed by atoms with Gasteiger partial charge in [0.15, 0.2) is 0 Å². The van der Waals surface area contributed by atoms with Crippen molar-refractivity contribution in [1.29, 1.82) is 0 Å². The molecule has 4 nitrogen and oxygen atoms in total. The number of hydrogen-bond acceptors (Lipinski definition) is 3. The van der Waals surface area contributed by atoms with Crippen molar-refractivity contribution in [3.63, 3.8) is 0 Å². The van der Waals surface area contributed by atoms with Crippen molar-refractivity contribution in [2.75, 3.05) is 17.7 Å². The van der Waals surface area contributed by atoms with Gasteiger partial charge in [-0.2, -0.15) is 18.3 Å². The predicted molar refractivity (Wildman–Crippen MR) is 78.5 cm³/mol. The number of nitrogens with zero attached hydrogens (tertiary/aromatic N) is 2. The standard InChI is InChI=1S/C14H15ClF3N3O/c1-9-6-20-21(8-9)13-3-2-10(14(16,17)18)4-12(13)19-7-11(22)5-15/h2-4,6,8,11,19,22H,5,7H2,1H3. The van der Waals surface area contributed by atoms with Crippen molar-refractivity contribution in [3.05, 3.63) is 41.7 Å². The van der Waals surface area contributed by atoms with E-state index in [-0.39, 0.29) is 18.1 Å². The zero-order valence-electron chi connectivity index (χ0n) is 11.7. The Kier molecular flexibility index (Phi) is 4.97. The highest BCUT2D eigenvalue weighted by Gasteiger charge is 2.31. The number of aromatic nitrogens is 2. The fourth-order valence-electron chi connectivity index (χ4n) is 1.88. The summed E-state index contributed by atoms with van der Waals surface area (Å²) in [5.41, 5.74) is 0.791. The number of hydrogen-bond donors (Lipinski definition) is 2. The van der Waals surface area contributed by atoms with Gasteiger partial charge in [-0.3, -0.25) is 0 Å². The smallest absolute Gasteiger partial charge is 0.390 e. The van der Waals surface area contributed by atoms with Gasteiger partial charge >= 0.3 is 6.18 Å². The highest BCUT2D eigenvalue weighted by Crippen LogP contribution is 2.33. The largest absolute Gasteiger partial charge is 0.416 e. The van der Waals surface area contributed by atoms with Crippen LogP contribution in [0.2, 0.25) is 0 Å². The fourth-order valence-corrected chi connectivity index (χ4v) is 1.99. The average Bonchev–Trinajstić information content (AvgIpc) is 2.89. The lowest BCUT2D eigenvalue weighted by molar-refractivity contribution is -0.137. The van der Waals surface area contributed by atoms with E-state index in [9.17, 15) is 18.3 Å². The van der Waals surface area contributed by atoms with Crippen LogP contribution in [0.25, 0.3) is 5.69 Å². The van der Waals surface area contributed by atoms with Crippen LogP contribution in [-0.2, 0) is 6.18 Å². The molecule has 0 radical (unpaired) electrons. The first kappa shape index (κ1) is 16.6. The second-order valence-electron chi connectivity index (χ2n) is 4.88. The second kappa shape index (κ2) is 6.58. The van der Waals surface area contributed by atoms with E-state index >= 15 is 0 Å². The molecule has 0 aliphatic carbocycles. The molecular formula is C14H15ClF3N3O. The van der Waals surface area contributed by atoms with Crippen LogP contribution in [0.4, 0.5) is 18.9 Å². The summed E-state index contributed by atoms with van der Waals surface area (Å²) in [5.74, 6) is -0.0117. The van der Waals surface area contributed by atoms with Gasteiger partial charge in [0, 0.05) is 12.7 Å². The van der Waals surface area contributed by atoms with E-state index in [2.05, 4.69) is 10.4 Å². The molecule has 0 amide bonds. The maximum atomic E-state index is 12.9. The molecule has 2 N–H and O–H groups in total. The molecule has 1 unspecified atom stereocenters. The van der Waals surface area contributed by atoms with Crippen molar-refractivity contribution >= 4 is 17.3 Å². The number of aliphatic hydroxyl groups excluding tert-OH is 1. The molecule has 120 valence electrons. The highest BCUT2D eigenvalue weighted by atomic mass is 35.5. The topological polar surface area (TPSA) is 50.1 Å². The van der Waals surface area contributed by atoms with Crippen LogP contribution in [0.3, 0.4) is 0 Å². The molecule has 0 spiro atoms. The fraction of sp³-hybridized carbons (Fsp3) is 0.357. The first-order valence-corrected chi connectivity index (χ1v) is 7.05. The van der Waals surface area contributed by atoms with Gasteiger partial charge in [0.05, 0.1) is 35.1 Å². The van der Waals surface area contributed by atoms with Gasteiger partial charge in [-0.05, 0) is 30.7 Å². The molecule has 0 bridgehead atoms. The van der Waals surface area contributed by atoms with E-state index in [0.29, 0.717) is 5.69 Å². The second-order valence-corrected chi connectivity index (χ2v) is 5.19. The highest BCUT2D eigenvalue weighted by molar-refractivity contribution is 6.18. The molecule has 0 saturated carbocycles. The van der Waals surface area contributed by atoms with E-state index in [1.807, 2.05) is 6.92 Å². The Morgan fingerprint density at radius 1 is 1.41 bits per heavy atom. The predicted octanol–water partition coefficient (Wildman–Crippen LogP) is 3.21. The van der Waals surface area contributed by atoms with E-state index < -0.39 is 17.8 Å². The number of alkyl halides is 4. The lowest BCUT2D eigenvalue weighted by Gasteiger charge is -2.16. The molecule has 2 rings (SSSR count). The number of nitrogens with one attached hydrogen (secondary N) is 1. The van der Waals surface area contributed by atoms with E-state index in [4.69, 9.17) is 11.6 Å². The van der Waals surface area contributed by atoms with Crippen molar-refractivity contribution in [2.24, 2.45) is 0 Å². The lowest BCUT2D eigenvalue weighted by atomic mass is 10.1. The van der Waals surface area contributed by atoms with E-state index in [0.717, 1.165) is 17.7 Å². The number of aryl methyl sites for hydroxylation is 1.